The highest BCUT2D eigenvalue weighted by molar-refractivity contribution is 7.89. The third kappa shape index (κ3) is 4.23. The molecule has 0 N–H and O–H groups in total. The van der Waals surface area contributed by atoms with Gasteiger partial charge in [0.15, 0.2) is 0 Å². The summed E-state index contributed by atoms with van der Waals surface area (Å²) >= 11 is 0. The fraction of sp³-hybridized carbons (Fsp3) is 0.261. The van der Waals surface area contributed by atoms with Gasteiger partial charge in [0.1, 0.15) is 5.75 Å². The molecule has 3 aromatic rings. The van der Waals surface area contributed by atoms with Crippen LogP contribution in [-0.2, 0) is 14.8 Å². The summed E-state index contributed by atoms with van der Waals surface area (Å²) in [7, 11) is -3.74. The Bertz CT molecular complexity index is 1180. The zero-order valence-electron chi connectivity index (χ0n) is 16.8. The summed E-state index contributed by atoms with van der Waals surface area (Å²) in [5.74, 6) is -0.200. The van der Waals surface area contributed by atoms with Crippen molar-refractivity contribution in [3.8, 4) is 5.75 Å². The first-order valence-corrected chi connectivity index (χ1v) is 11.2. The molecular formula is C23H23NO5S. The van der Waals surface area contributed by atoms with Crippen LogP contribution in [0.1, 0.15) is 24.2 Å². The molecular weight excluding hydrogens is 402 g/mol. The Labute approximate surface area is 176 Å². The summed E-state index contributed by atoms with van der Waals surface area (Å²) in [5.41, 5.74) is 0.179. The first-order chi connectivity index (χ1) is 14.3. The molecule has 156 valence electrons. The van der Waals surface area contributed by atoms with Crippen molar-refractivity contribution in [1.29, 1.82) is 0 Å². The van der Waals surface area contributed by atoms with Gasteiger partial charge in [0, 0.05) is 13.1 Å². The minimum Gasteiger partial charge on any atom is -0.423 e. The molecule has 4 rings (SSSR count). The van der Waals surface area contributed by atoms with E-state index in [-0.39, 0.29) is 35.8 Å². The lowest BCUT2D eigenvalue weighted by molar-refractivity contribution is -0.0440. The van der Waals surface area contributed by atoms with Gasteiger partial charge in [-0.25, -0.2) is 13.2 Å². The molecule has 7 heteroatoms. The van der Waals surface area contributed by atoms with Gasteiger partial charge in [0.05, 0.1) is 22.7 Å². The highest BCUT2D eigenvalue weighted by Gasteiger charge is 2.32. The average Bonchev–Trinajstić information content (AvgIpc) is 2.73. The quantitative estimate of drug-likeness (QED) is 0.469. The van der Waals surface area contributed by atoms with Gasteiger partial charge in [-0.05, 0) is 55.0 Å². The van der Waals surface area contributed by atoms with Gasteiger partial charge in [-0.15, -0.1) is 0 Å². The lowest BCUT2D eigenvalue weighted by Gasteiger charge is -2.34. The standard InChI is InChI=1S/C23H23NO5S/c1-16-14-24(15-17(2)28-16)30(26,27)22-9-5-8-20(13-22)23(25)29-21-11-10-18-6-3-4-7-19(18)12-21/h3-13,16-17H,14-15H2,1-2H3. The van der Waals surface area contributed by atoms with Crippen LogP contribution in [0.4, 0.5) is 0 Å². The van der Waals surface area contributed by atoms with E-state index in [4.69, 9.17) is 9.47 Å². The molecule has 1 heterocycles. The number of esters is 1. The largest absolute Gasteiger partial charge is 0.423 e. The molecule has 0 bridgehead atoms. The van der Waals surface area contributed by atoms with Gasteiger partial charge in [0.2, 0.25) is 10.0 Å². The SMILES string of the molecule is CC1CN(S(=O)(=O)c2cccc(C(=O)Oc3ccc4ccccc4c3)c2)CC(C)O1. The molecule has 0 aromatic heterocycles. The van der Waals surface area contributed by atoms with Crippen LogP contribution in [0.15, 0.2) is 71.6 Å². The van der Waals surface area contributed by atoms with E-state index in [0.717, 1.165) is 10.8 Å². The highest BCUT2D eigenvalue weighted by Crippen LogP contribution is 2.24. The van der Waals surface area contributed by atoms with E-state index in [9.17, 15) is 13.2 Å². The molecule has 30 heavy (non-hydrogen) atoms. The van der Waals surface area contributed by atoms with Crippen molar-refractivity contribution in [3.63, 3.8) is 0 Å². The number of rotatable bonds is 4. The predicted octanol–water partition coefficient (Wildman–Crippen LogP) is 3.86. The Hall–Kier alpha value is -2.74. The van der Waals surface area contributed by atoms with Crippen LogP contribution < -0.4 is 4.74 Å². The van der Waals surface area contributed by atoms with Crippen molar-refractivity contribution in [3.05, 3.63) is 72.3 Å². The second-order valence-electron chi connectivity index (χ2n) is 7.51. The maximum absolute atomic E-state index is 13.1. The molecule has 1 aliphatic heterocycles. The number of morpholine rings is 1. The number of carbonyl (C=O) groups is 1. The molecule has 2 atom stereocenters. The van der Waals surface area contributed by atoms with Gasteiger partial charge in [-0.3, -0.25) is 0 Å². The lowest BCUT2D eigenvalue weighted by Crippen LogP contribution is -2.48. The van der Waals surface area contributed by atoms with Crippen LogP contribution in [0, 0.1) is 0 Å². The first kappa shape index (κ1) is 20.5. The van der Waals surface area contributed by atoms with Gasteiger partial charge in [-0.2, -0.15) is 4.31 Å². The summed E-state index contributed by atoms with van der Waals surface area (Å²) in [6.45, 7) is 4.24. The van der Waals surface area contributed by atoms with Gasteiger partial charge < -0.3 is 9.47 Å². The molecule has 0 saturated carbocycles. The molecule has 6 nitrogen and oxygen atoms in total. The zero-order chi connectivity index (χ0) is 21.3. The van der Waals surface area contributed by atoms with E-state index in [1.165, 1.54) is 16.4 Å². The Morgan fingerprint density at radius 3 is 2.37 bits per heavy atom. The number of sulfonamides is 1. The molecule has 0 radical (unpaired) electrons. The van der Waals surface area contributed by atoms with E-state index in [1.54, 1.807) is 24.3 Å². The second-order valence-corrected chi connectivity index (χ2v) is 9.44. The van der Waals surface area contributed by atoms with E-state index < -0.39 is 16.0 Å². The van der Waals surface area contributed by atoms with Crippen molar-refractivity contribution in [1.82, 2.24) is 4.31 Å². The number of ether oxygens (including phenoxy) is 2. The summed E-state index contributed by atoms with van der Waals surface area (Å²) in [6, 6.07) is 19.1. The van der Waals surface area contributed by atoms with Crippen molar-refractivity contribution in [2.45, 2.75) is 31.0 Å². The molecule has 0 amide bonds. The molecule has 1 saturated heterocycles. The fourth-order valence-electron chi connectivity index (χ4n) is 3.66. The van der Waals surface area contributed by atoms with Crippen LogP contribution in [-0.4, -0.2) is 44.0 Å². The molecule has 1 aliphatic rings. The summed E-state index contributed by atoms with van der Waals surface area (Å²) in [5, 5.41) is 1.99. The topological polar surface area (TPSA) is 72.9 Å². The number of hydrogen-bond acceptors (Lipinski definition) is 5. The van der Waals surface area contributed by atoms with Gasteiger partial charge in [0.25, 0.3) is 0 Å². The summed E-state index contributed by atoms with van der Waals surface area (Å²) in [6.07, 6.45) is -0.380. The Morgan fingerprint density at radius 1 is 0.933 bits per heavy atom. The van der Waals surface area contributed by atoms with Crippen molar-refractivity contribution < 1.29 is 22.7 Å². The fourth-order valence-corrected chi connectivity index (χ4v) is 5.29. The molecule has 0 aliphatic carbocycles. The van der Waals surface area contributed by atoms with Crippen molar-refractivity contribution in [2.24, 2.45) is 0 Å². The van der Waals surface area contributed by atoms with Crippen molar-refractivity contribution >= 4 is 26.8 Å². The van der Waals surface area contributed by atoms with Crippen LogP contribution in [0.25, 0.3) is 10.8 Å². The van der Waals surface area contributed by atoms with Gasteiger partial charge >= 0.3 is 5.97 Å². The zero-order valence-corrected chi connectivity index (χ0v) is 17.6. The van der Waals surface area contributed by atoms with E-state index in [2.05, 4.69) is 0 Å². The maximum Gasteiger partial charge on any atom is 0.343 e. The Balaban J connectivity index is 1.56. The van der Waals surface area contributed by atoms with E-state index >= 15 is 0 Å². The number of hydrogen-bond donors (Lipinski definition) is 0. The number of benzene rings is 3. The van der Waals surface area contributed by atoms with Crippen LogP contribution in [0.3, 0.4) is 0 Å². The highest BCUT2D eigenvalue weighted by atomic mass is 32.2. The predicted molar refractivity (Wildman–Crippen MR) is 114 cm³/mol. The number of carbonyl (C=O) groups excluding carboxylic acids is 1. The summed E-state index contributed by atoms with van der Waals surface area (Å²) < 4.78 is 38.7. The number of fused-ring (bicyclic) bond motifs is 1. The third-order valence-electron chi connectivity index (χ3n) is 5.03. The van der Waals surface area contributed by atoms with Gasteiger partial charge in [-0.1, -0.05) is 36.4 Å². The molecule has 0 spiro atoms. The van der Waals surface area contributed by atoms with E-state index in [1.807, 2.05) is 44.2 Å². The smallest absolute Gasteiger partial charge is 0.343 e. The molecule has 1 fully saturated rings. The van der Waals surface area contributed by atoms with Crippen LogP contribution >= 0.6 is 0 Å². The lowest BCUT2D eigenvalue weighted by atomic mass is 10.1. The summed E-state index contributed by atoms with van der Waals surface area (Å²) in [4.78, 5) is 12.7. The minimum atomic E-state index is -3.74. The Kier molecular flexibility index (Phi) is 5.60. The third-order valence-corrected chi connectivity index (χ3v) is 6.85. The van der Waals surface area contributed by atoms with Crippen LogP contribution in [0.2, 0.25) is 0 Å². The average molecular weight is 426 g/mol. The second kappa shape index (κ2) is 8.18. The number of nitrogens with zero attached hydrogens (tertiary/aromatic N) is 1. The maximum atomic E-state index is 13.1. The van der Waals surface area contributed by atoms with Crippen LogP contribution in [0.5, 0.6) is 5.75 Å². The van der Waals surface area contributed by atoms with Crippen molar-refractivity contribution in [2.75, 3.05) is 13.1 Å². The monoisotopic (exact) mass is 425 g/mol. The molecule has 3 aromatic carbocycles. The van der Waals surface area contributed by atoms with E-state index in [0.29, 0.717) is 5.75 Å². The minimum absolute atomic E-state index is 0.0664. The normalized spacial score (nSPS) is 20.2. The molecule has 2 unspecified atom stereocenters. The Morgan fingerprint density at radius 2 is 1.63 bits per heavy atom. The first-order valence-electron chi connectivity index (χ1n) is 9.79.